The van der Waals surface area contributed by atoms with Gasteiger partial charge in [-0.3, -0.25) is 0 Å². The molecule has 16 heavy (non-hydrogen) atoms. The van der Waals surface area contributed by atoms with Gasteiger partial charge in [-0.2, -0.15) is 0 Å². The van der Waals surface area contributed by atoms with Gasteiger partial charge in [0.25, 0.3) is 0 Å². The summed E-state index contributed by atoms with van der Waals surface area (Å²) in [6.07, 6.45) is 0.962. The van der Waals surface area contributed by atoms with Gasteiger partial charge in [0.15, 0.2) is 0 Å². The molecule has 1 nitrogen and oxygen atoms in total. The Hall–Kier alpha value is -1.76. The van der Waals surface area contributed by atoms with E-state index in [1.807, 2.05) is 12.1 Å². The lowest BCUT2D eigenvalue weighted by Gasteiger charge is -2.12. The molecule has 0 spiro atoms. The molecule has 0 fully saturated rings. The average molecular weight is 211 g/mol. The molecule has 0 atom stereocenters. The van der Waals surface area contributed by atoms with E-state index in [1.54, 1.807) is 0 Å². The highest BCUT2D eigenvalue weighted by Gasteiger charge is 2.06. The van der Waals surface area contributed by atoms with Crippen LogP contribution in [0.1, 0.15) is 22.3 Å². The van der Waals surface area contributed by atoms with Crippen LogP contribution in [0.25, 0.3) is 0 Å². The summed E-state index contributed by atoms with van der Waals surface area (Å²) < 4.78 is 0. The lowest BCUT2D eigenvalue weighted by molar-refractivity contribution is 1.12. The van der Waals surface area contributed by atoms with Crippen molar-refractivity contribution in [3.8, 4) is 0 Å². The Morgan fingerprint density at radius 1 is 0.938 bits per heavy atom. The molecular formula is C15H17N. The molecule has 0 aliphatic carbocycles. The molecule has 2 N–H and O–H groups in total. The smallest absolute Gasteiger partial charge is 0.0346 e. The molecule has 0 saturated carbocycles. The number of anilines is 1. The molecular weight excluding hydrogens is 194 g/mol. The van der Waals surface area contributed by atoms with Crippen molar-refractivity contribution in [3.05, 3.63) is 64.7 Å². The topological polar surface area (TPSA) is 26.0 Å². The van der Waals surface area contributed by atoms with Crippen LogP contribution in [-0.4, -0.2) is 0 Å². The third-order valence-corrected chi connectivity index (χ3v) is 3.10. The Morgan fingerprint density at radius 3 is 2.31 bits per heavy atom. The molecule has 0 aliphatic heterocycles. The van der Waals surface area contributed by atoms with Gasteiger partial charge in [-0.05, 0) is 48.6 Å². The summed E-state index contributed by atoms with van der Waals surface area (Å²) in [4.78, 5) is 0. The molecule has 2 rings (SSSR count). The first-order chi connectivity index (χ1) is 7.68. The van der Waals surface area contributed by atoms with Crippen molar-refractivity contribution < 1.29 is 0 Å². The number of hydrogen-bond acceptors (Lipinski definition) is 1. The Morgan fingerprint density at radius 2 is 1.62 bits per heavy atom. The van der Waals surface area contributed by atoms with Gasteiger partial charge >= 0.3 is 0 Å². The van der Waals surface area contributed by atoms with Gasteiger partial charge in [-0.15, -0.1) is 0 Å². The summed E-state index contributed by atoms with van der Waals surface area (Å²) in [6.45, 7) is 4.24. The van der Waals surface area contributed by atoms with Crippen molar-refractivity contribution >= 4 is 5.69 Å². The second-order valence-corrected chi connectivity index (χ2v) is 4.24. The summed E-state index contributed by atoms with van der Waals surface area (Å²) >= 11 is 0. The minimum atomic E-state index is 0.886. The molecule has 2 aromatic carbocycles. The maximum Gasteiger partial charge on any atom is 0.0346 e. The predicted molar refractivity (Wildman–Crippen MR) is 69.6 cm³/mol. The quantitative estimate of drug-likeness (QED) is 0.756. The minimum Gasteiger partial charge on any atom is -0.399 e. The molecule has 0 unspecified atom stereocenters. The van der Waals surface area contributed by atoms with Crippen LogP contribution in [0.5, 0.6) is 0 Å². The fourth-order valence-electron chi connectivity index (χ4n) is 1.98. The molecule has 0 saturated heterocycles. The molecule has 0 radical (unpaired) electrons. The molecule has 0 amide bonds. The Bertz CT molecular complexity index is 486. The Labute approximate surface area is 96.9 Å². The fourth-order valence-corrected chi connectivity index (χ4v) is 1.98. The van der Waals surface area contributed by atoms with Crippen molar-refractivity contribution in [1.82, 2.24) is 0 Å². The van der Waals surface area contributed by atoms with Crippen LogP contribution in [0.3, 0.4) is 0 Å². The zero-order valence-electron chi connectivity index (χ0n) is 9.83. The van der Waals surface area contributed by atoms with Crippen molar-refractivity contribution in [2.24, 2.45) is 0 Å². The van der Waals surface area contributed by atoms with Gasteiger partial charge in [0.2, 0.25) is 0 Å². The number of aryl methyl sites for hydroxylation is 1. The SMILES string of the molecule is Cc1ccc(N)c(C)c1Cc1ccccc1. The molecule has 0 aliphatic rings. The van der Waals surface area contributed by atoms with Crippen molar-refractivity contribution in [3.63, 3.8) is 0 Å². The van der Waals surface area contributed by atoms with Gasteiger partial charge in [0.05, 0.1) is 0 Å². The van der Waals surface area contributed by atoms with E-state index in [0.29, 0.717) is 0 Å². The van der Waals surface area contributed by atoms with Crippen LogP contribution in [-0.2, 0) is 6.42 Å². The first kappa shape index (κ1) is 10.7. The average Bonchev–Trinajstić information content (AvgIpc) is 2.31. The molecule has 82 valence electrons. The maximum absolute atomic E-state index is 5.94. The number of nitrogen functional groups attached to an aromatic ring is 1. The molecule has 1 heteroatoms. The summed E-state index contributed by atoms with van der Waals surface area (Å²) in [7, 11) is 0. The Balaban J connectivity index is 2.38. The van der Waals surface area contributed by atoms with Gasteiger partial charge in [0, 0.05) is 5.69 Å². The lowest BCUT2D eigenvalue weighted by atomic mass is 9.95. The monoisotopic (exact) mass is 211 g/mol. The first-order valence-electron chi connectivity index (χ1n) is 5.57. The Kier molecular flexibility index (Phi) is 2.95. The van der Waals surface area contributed by atoms with E-state index in [1.165, 1.54) is 22.3 Å². The van der Waals surface area contributed by atoms with Crippen LogP contribution >= 0.6 is 0 Å². The second-order valence-electron chi connectivity index (χ2n) is 4.24. The summed E-state index contributed by atoms with van der Waals surface area (Å²) in [6, 6.07) is 14.6. The van der Waals surface area contributed by atoms with Gasteiger partial charge in [0.1, 0.15) is 0 Å². The van der Waals surface area contributed by atoms with Crippen LogP contribution in [0.15, 0.2) is 42.5 Å². The third kappa shape index (κ3) is 2.08. The summed E-state index contributed by atoms with van der Waals surface area (Å²) in [5, 5.41) is 0. The van der Waals surface area contributed by atoms with E-state index in [-0.39, 0.29) is 0 Å². The van der Waals surface area contributed by atoms with E-state index in [4.69, 9.17) is 5.73 Å². The van der Waals surface area contributed by atoms with Crippen LogP contribution < -0.4 is 5.73 Å². The largest absolute Gasteiger partial charge is 0.399 e. The summed E-state index contributed by atoms with van der Waals surface area (Å²) in [5.74, 6) is 0. The normalized spacial score (nSPS) is 10.4. The van der Waals surface area contributed by atoms with E-state index in [9.17, 15) is 0 Å². The molecule has 0 aromatic heterocycles. The molecule has 0 bridgehead atoms. The van der Waals surface area contributed by atoms with Crippen molar-refractivity contribution in [2.75, 3.05) is 5.73 Å². The van der Waals surface area contributed by atoms with Crippen LogP contribution in [0.4, 0.5) is 5.69 Å². The number of benzene rings is 2. The highest BCUT2D eigenvalue weighted by molar-refractivity contribution is 5.54. The van der Waals surface area contributed by atoms with E-state index < -0.39 is 0 Å². The number of nitrogens with two attached hydrogens (primary N) is 1. The van der Waals surface area contributed by atoms with Gasteiger partial charge < -0.3 is 5.73 Å². The predicted octanol–water partition coefficient (Wildman–Crippen LogP) is 3.48. The summed E-state index contributed by atoms with van der Waals surface area (Å²) in [5.41, 5.74) is 12.0. The number of rotatable bonds is 2. The standard InChI is InChI=1S/C15H17N/c1-11-8-9-15(16)12(2)14(11)10-13-6-4-3-5-7-13/h3-9H,10,16H2,1-2H3. The molecule has 2 aromatic rings. The van der Waals surface area contributed by atoms with Crippen molar-refractivity contribution in [1.29, 1.82) is 0 Å². The lowest BCUT2D eigenvalue weighted by Crippen LogP contribution is -1.99. The highest BCUT2D eigenvalue weighted by atomic mass is 14.6. The van der Waals surface area contributed by atoms with Crippen molar-refractivity contribution in [2.45, 2.75) is 20.3 Å². The maximum atomic E-state index is 5.94. The molecule has 0 heterocycles. The highest BCUT2D eigenvalue weighted by Crippen LogP contribution is 2.22. The van der Waals surface area contributed by atoms with Crippen LogP contribution in [0.2, 0.25) is 0 Å². The van der Waals surface area contributed by atoms with E-state index >= 15 is 0 Å². The van der Waals surface area contributed by atoms with Gasteiger partial charge in [-0.25, -0.2) is 0 Å². The van der Waals surface area contributed by atoms with E-state index in [0.717, 1.165) is 12.1 Å². The minimum absolute atomic E-state index is 0.886. The van der Waals surface area contributed by atoms with E-state index in [2.05, 4.69) is 44.2 Å². The fraction of sp³-hybridized carbons (Fsp3) is 0.200. The zero-order valence-corrected chi connectivity index (χ0v) is 9.83. The third-order valence-electron chi connectivity index (χ3n) is 3.10. The number of hydrogen-bond donors (Lipinski definition) is 1. The first-order valence-corrected chi connectivity index (χ1v) is 5.57. The zero-order chi connectivity index (χ0) is 11.5. The second kappa shape index (κ2) is 4.40. The van der Waals surface area contributed by atoms with Crippen LogP contribution in [0, 0.1) is 13.8 Å². The van der Waals surface area contributed by atoms with Gasteiger partial charge in [-0.1, -0.05) is 36.4 Å².